The minimum absolute atomic E-state index is 0.145. The summed E-state index contributed by atoms with van der Waals surface area (Å²) < 4.78 is 14.9. The number of carbonyl (C=O) groups excluding carboxylic acids is 2. The second kappa shape index (κ2) is 5.93. The molecule has 2 aliphatic heterocycles. The summed E-state index contributed by atoms with van der Waals surface area (Å²) in [6.45, 7) is 2.17. The molecule has 3 fully saturated rings. The maximum atomic E-state index is 14.9. The van der Waals surface area contributed by atoms with Crippen LogP contribution < -0.4 is 0 Å². The lowest BCUT2D eigenvalue weighted by molar-refractivity contribution is -0.150. The van der Waals surface area contributed by atoms with Crippen molar-refractivity contribution in [1.82, 2.24) is 9.80 Å². The van der Waals surface area contributed by atoms with E-state index in [1.807, 2.05) is 0 Å². The van der Waals surface area contributed by atoms with Crippen LogP contribution in [0.4, 0.5) is 4.39 Å². The Bertz CT molecular complexity index is 407. The standard InChI is InChI=1S/C16H25FN2O2/c17-16(15(21)19-9-3-4-10-19)7-11-18(12-8-16)14(20)13-5-1-2-6-13/h13H,1-12H2. The van der Waals surface area contributed by atoms with Gasteiger partial charge in [-0.25, -0.2) is 4.39 Å². The Morgan fingerprint density at radius 1 is 0.857 bits per heavy atom. The van der Waals surface area contributed by atoms with E-state index < -0.39 is 5.67 Å². The van der Waals surface area contributed by atoms with Crippen LogP contribution in [0.2, 0.25) is 0 Å². The minimum Gasteiger partial charge on any atom is -0.342 e. The monoisotopic (exact) mass is 296 g/mol. The van der Waals surface area contributed by atoms with Gasteiger partial charge in [0.25, 0.3) is 5.91 Å². The number of hydrogen-bond acceptors (Lipinski definition) is 2. The van der Waals surface area contributed by atoms with E-state index >= 15 is 0 Å². The Balaban J connectivity index is 1.56. The number of likely N-dealkylation sites (tertiary alicyclic amines) is 2. The van der Waals surface area contributed by atoms with Gasteiger partial charge >= 0.3 is 0 Å². The van der Waals surface area contributed by atoms with E-state index in [1.54, 1.807) is 9.80 Å². The first kappa shape index (κ1) is 14.8. The molecular weight excluding hydrogens is 271 g/mol. The van der Waals surface area contributed by atoms with Crippen LogP contribution in [-0.4, -0.2) is 53.5 Å². The number of carbonyl (C=O) groups is 2. The van der Waals surface area contributed by atoms with E-state index in [0.717, 1.165) is 38.5 Å². The molecule has 0 aromatic carbocycles. The first-order chi connectivity index (χ1) is 10.1. The molecule has 3 rings (SSSR count). The number of alkyl halides is 1. The fraction of sp³-hybridized carbons (Fsp3) is 0.875. The van der Waals surface area contributed by atoms with Crippen molar-refractivity contribution >= 4 is 11.8 Å². The summed E-state index contributed by atoms with van der Waals surface area (Å²) >= 11 is 0. The number of rotatable bonds is 2. The van der Waals surface area contributed by atoms with Crippen molar-refractivity contribution in [3.8, 4) is 0 Å². The summed E-state index contributed by atoms with van der Waals surface area (Å²) in [5.41, 5.74) is -1.74. The summed E-state index contributed by atoms with van der Waals surface area (Å²) in [5, 5.41) is 0. The lowest BCUT2D eigenvalue weighted by atomic mass is 9.91. The molecule has 1 saturated carbocycles. The predicted molar refractivity (Wildman–Crippen MR) is 77.4 cm³/mol. The zero-order valence-electron chi connectivity index (χ0n) is 12.7. The summed E-state index contributed by atoms with van der Waals surface area (Å²) in [5.74, 6) is -0.0115. The molecule has 0 aromatic rings. The minimum atomic E-state index is -1.74. The highest BCUT2D eigenvalue weighted by Gasteiger charge is 2.45. The second-order valence-corrected chi connectivity index (χ2v) is 6.77. The average Bonchev–Trinajstić information content (AvgIpc) is 3.19. The molecule has 21 heavy (non-hydrogen) atoms. The van der Waals surface area contributed by atoms with Crippen LogP contribution in [0.15, 0.2) is 0 Å². The van der Waals surface area contributed by atoms with Gasteiger partial charge in [0.05, 0.1) is 0 Å². The van der Waals surface area contributed by atoms with E-state index in [2.05, 4.69) is 0 Å². The number of hydrogen-bond donors (Lipinski definition) is 0. The fourth-order valence-corrected chi connectivity index (χ4v) is 3.93. The summed E-state index contributed by atoms with van der Waals surface area (Å²) in [6, 6.07) is 0. The van der Waals surface area contributed by atoms with E-state index in [9.17, 15) is 14.0 Å². The molecule has 0 aromatic heterocycles. The Morgan fingerprint density at radius 3 is 2.00 bits per heavy atom. The third kappa shape index (κ3) is 2.92. The molecular formula is C16H25FN2O2. The van der Waals surface area contributed by atoms with Crippen LogP contribution in [0, 0.1) is 5.92 Å². The van der Waals surface area contributed by atoms with Gasteiger partial charge in [0.2, 0.25) is 5.91 Å². The van der Waals surface area contributed by atoms with Gasteiger partial charge in [-0.15, -0.1) is 0 Å². The second-order valence-electron chi connectivity index (χ2n) is 6.77. The lowest BCUT2D eigenvalue weighted by Gasteiger charge is -2.38. The van der Waals surface area contributed by atoms with Gasteiger partial charge in [0, 0.05) is 44.9 Å². The van der Waals surface area contributed by atoms with Crippen LogP contribution in [0.1, 0.15) is 51.4 Å². The smallest absolute Gasteiger partial charge is 0.260 e. The zero-order valence-corrected chi connectivity index (χ0v) is 12.7. The van der Waals surface area contributed by atoms with Crippen LogP contribution in [-0.2, 0) is 9.59 Å². The summed E-state index contributed by atoms with van der Waals surface area (Å²) in [7, 11) is 0. The van der Waals surface area contributed by atoms with Gasteiger partial charge in [-0.2, -0.15) is 0 Å². The molecule has 2 heterocycles. The Hall–Kier alpha value is -1.13. The Kier molecular flexibility index (Phi) is 4.18. The normalized spacial score (nSPS) is 26.3. The molecule has 2 amide bonds. The van der Waals surface area contributed by atoms with Gasteiger partial charge < -0.3 is 9.80 Å². The van der Waals surface area contributed by atoms with Crippen molar-refractivity contribution in [2.45, 2.75) is 57.0 Å². The van der Waals surface area contributed by atoms with Crippen LogP contribution in [0.3, 0.4) is 0 Å². The molecule has 118 valence electrons. The van der Waals surface area contributed by atoms with Gasteiger partial charge in [-0.1, -0.05) is 12.8 Å². The molecule has 0 atom stereocenters. The van der Waals surface area contributed by atoms with Crippen LogP contribution in [0.5, 0.6) is 0 Å². The maximum Gasteiger partial charge on any atom is 0.260 e. The number of amides is 2. The third-order valence-corrected chi connectivity index (χ3v) is 5.35. The van der Waals surface area contributed by atoms with E-state index in [4.69, 9.17) is 0 Å². The third-order valence-electron chi connectivity index (χ3n) is 5.35. The van der Waals surface area contributed by atoms with Gasteiger partial charge in [-0.3, -0.25) is 9.59 Å². The molecule has 0 N–H and O–H groups in total. The molecule has 0 radical (unpaired) electrons. The molecule has 4 nitrogen and oxygen atoms in total. The molecule has 2 saturated heterocycles. The van der Waals surface area contributed by atoms with Crippen molar-refractivity contribution in [3.63, 3.8) is 0 Å². The summed E-state index contributed by atoms with van der Waals surface area (Å²) in [4.78, 5) is 28.1. The molecule has 3 aliphatic rings. The molecule has 5 heteroatoms. The molecule has 0 unspecified atom stereocenters. The highest BCUT2D eigenvalue weighted by atomic mass is 19.1. The SMILES string of the molecule is O=C(C1CCCC1)N1CCC(F)(C(=O)N2CCCC2)CC1. The van der Waals surface area contributed by atoms with Crippen LogP contribution in [0.25, 0.3) is 0 Å². The van der Waals surface area contributed by atoms with Crippen molar-refractivity contribution in [3.05, 3.63) is 0 Å². The van der Waals surface area contributed by atoms with Gasteiger partial charge in [0.1, 0.15) is 0 Å². The topological polar surface area (TPSA) is 40.6 Å². The van der Waals surface area contributed by atoms with Crippen LogP contribution >= 0.6 is 0 Å². The average molecular weight is 296 g/mol. The number of halogens is 1. The Morgan fingerprint density at radius 2 is 1.43 bits per heavy atom. The largest absolute Gasteiger partial charge is 0.342 e. The Labute approximate surface area is 125 Å². The number of piperidine rings is 1. The van der Waals surface area contributed by atoms with E-state index in [1.165, 1.54) is 0 Å². The molecule has 0 bridgehead atoms. The zero-order chi connectivity index (χ0) is 14.9. The highest BCUT2D eigenvalue weighted by Crippen LogP contribution is 2.33. The quantitative estimate of drug-likeness (QED) is 0.783. The molecule has 0 spiro atoms. The van der Waals surface area contributed by atoms with Gasteiger partial charge in [-0.05, 0) is 25.7 Å². The highest BCUT2D eigenvalue weighted by molar-refractivity contribution is 5.86. The first-order valence-electron chi connectivity index (χ1n) is 8.37. The van der Waals surface area contributed by atoms with Crippen molar-refractivity contribution in [2.75, 3.05) is 26.2 Å². The molecule has 1 aliphatic carbocycles. The van der Waals surface area contributed by atoms with Crippen molar-refractivity contribution in [1.29, 1.82) is 0 Å². The summed E-state index contributed by atoms with van der Waals surface area (Å²) in [6.07, 6.45) is 6.50. The van der Waals surface area contributed by atoms with E-state index in [0.29, 0.717) is 26.2 Å². The van der Waals surface area contributed by atoms with Crippen molar-refractivity contribution in [2.24, 2.45) is 5.92 Å². The number of nitrogens with zero attached hydrogens (tertiary/aromatic N) is 2. The van der Waals surface area contributed by atoms with Crippen molar-refractivity contribution < 1.29 is 14.0 Å². The van der Waals surface area contributed by atoms with E-state index in [-0.39, 0.29) is 30.6 Å². The lowest BCUT2D eigenvalue weighted by Crippen LogP contribution is -2.53. The first-order valence-corrected chi connectivity index (χ1v) is 8.37. The predicted octanol–water partition coefficient (Wildman–Crippen LogP) is 2.13. The maximum absolute atomic E-state index is 14.9. The van der Waals surface area contributed by atoms with Gasteiger partial charge in [0.15, 0.2) is 5.67 Å². The fourth-order valence-electron chi connectivity index (χ4n) is 3.93.